The zero-order valence-corrected chi connectivity index (χ0v) is 12.5. The Morgan fingerprint density at radius 1 is 1.30 bits per heavy atom. The molecule has 1 unspecified atom stereocenters. The van der Waals surface area contributed by atoms with Crippen molar-refractivity contribution in [3.05, 3.63) is 29.8 Å². The first-order chi connectivity index (χ1) is 9.72. The summed E-state index contributed by atoms with van der Waals surface area (Å²) in [5.41, 5.74) is 8.51. The predicted octanol–water partition coefficient (Wildman–Crippen LogP) is 2.80. The summed E-state index contributed by atoms with van der Waals surface area (Å²) in [5, 5.41) is 0. The second-order valence-corrected chi connectivity index (χ2v) is 6.36. The monoisotopic (exact) mass is 274 g/mol. The van der Waals surface area contributed by atoms with Crippen molar-refractivity contribution in [3.8, 4) is 0 Å². The zero-order valence-electron chi connectivity index (χ0n) is 12.5. The van der Waals surface area contributed by atoms with Crippen molar-refractivity contribution in [2.24, 2.45) is 0 Å². The molecule has 0 bridgehead atoms. The highest BCUT2D eigenvalue weighted by Crippen LogP contribution is 2.49. The van der Waals surface area contributed by atoms with Gasteiger partial charge in [-0.05, 0) is 56.8 Å². The lowest BCUT2D eigenvalue weighted by atomic mass is 9.94. The van der Waals surface area contributed by atoms with Gasteiger partial charge in [0.25, 0.3) is 0 Å². The van der Waals surface area contributed by atoms with Gasteiger partial charge in [-0.2, -0.15) is 0 Å². The van der Waals surface area contributed by atoms with E-state index in [1.807, 2.05) is 12.1 Å². The third-order valence-corrected chi connectivity index (χ3v) is 4.77. The fraction of sp³-hybridized carbons (Fsp3) is 0.647. The van der Waals surface area contributed by atoms with E-state index in [9.17, 15) is 0 Å². The number of nitrogen functional groups attached to an aromatic ring is 1. The third kappa shape index (κ3) is 2.99. The first kappa shape index (κ1) is 13.9. The quantitative estimate of drug-likeness (QED) is 0.839. The van der Waals surface area contributed by atoms with Gasteiger partial charge in [0.1, 0.15) is 0 Å². The van der Waals surface area contributed by atoms with E-state index in [-0.39, 0.29) is 0 Å². The highest BCUT2D eigenvalue weighted by atomic mass is 16.5. The van der Waals surface area contributed by atoms with Crippen LogP contribution in [0.25, 0.3) is 0 Å². The molecule has 1 saturated carbocycles. The van der Waals surface area contributed by atoms with Crippen molar-refractivity contribution in [1.29, 1.82) is 0 Å². The van der Waals surface area contributed by atoms with Crippen molar-refractivity contribution < 1.29 is 4.74 Å². The molecule has 2 aliphatic rings. The lowest BCUT2D eigenvalue weighted by molar-refractivity contribution is 0.00350. The van der Waals surface area contributed by atoms with E-state index in [1.165, 1.54) is 44.3 Å². The van der Waals surface area contributed by atoms with Gasteiger partial charge in [-0.3, -0.25) is 4.90 Å². The summed E-state index contributed by atoms with van der Waals surface area (Å²) in [7, 11) is 0. The van der Waals surface area contributed by atoms with Crippen LogP contribution >= 0.6 is 0 Å². The van der Waals surface area contributed by atoms with Crippen LogP contribution < -0.4 is 5.73 Å². The molecule has 3 rings (SSSR count). The van der Waals surface area contributed by atoms with Crippen LogP contribution in [0.15, 0.2) is 24.3 Å². The smallest absolute Gasteiger partial charge is 0.0702 e. The summed E-state index contributed by atoms with van der Waals surface area (Å²) in [6.45, 7) is 6.43. The van der Waals surface area contributed by atoms with E-state index in [4.69, 9.17) is 10.5 Å². The topological polar surface area (TPSA) is 38.5 Å². The van der Waals surface area contributed by atoms with Crippen molar-refractivity contribution >= 4 is 5.69 Å². The standard InChI is InChI=1S/C17H26N2O/c1-2-20-16-4-3-11-19(12-16)13-17(9-10-17)14-5-7-15(18)8-6-14/h5-8,16H,2-4,9-13,18H2,1H3. The first-order valence-electron chi connectivity index (χ1n) is 7.92. The molecule has 2 fully saturated rings. The molecule has 1 aliphatic carbocycles. The zero-order chi connectivity index (χ0) is 14.0. The van der Waals surface area contributed by atoms with Crippen LogP contribution in [0.1, 0.15) is 38.2 Å². The molecule has 0 spiro atoms. The number of hydrogen-bond acceptors (Lipinski definition) is 3. The molecule has 3 heteroatoms. The van der Waals surface area contributed by atoms with Gasteiger partial charge >= 0.3 is 0 Å². The van der Waals surface area contributed by atoms with Crippen LogP contribution in [-0.2, 0) is 10.2 Å². The summed E-state index contributed by atoms with van der Waals surface area (Å²) >= 11 is 0. The van der Waals surface area contributed by atoms with Crippen LogP contribution in [0.2, 0.25) is 0 Å². The molecular weight excluding hydrogens is 248 g/mol. The van der Waals surface area contributed by atoms with E-state index in [1.54, 1.807) is 0 Å². The fourth-order valence-electron chi connectivity index (χ4n) is 3.48. The highest BCUT2D eigenvalue weighted by Gasteiger charge is 2.45. The summed E-state index contributed by atoms with van der Waals surface area (Å²) in [5.74, 6) is 0. The molecule has 110 valence electrons. The maximum Gasteiger partial charge on any atom is 0.0702 e. The lowest BCUT2D eigenvalue weighted by Gasteiger charge is -2.35. The Bertz CT molecular complexity index is 437. The van der Waals surface area contributed by atoms with E-state index >= 15 is 0 Å². The van der Waals surface area contributed by atoms with E-state index < -0.39 is 0 Å². The number of ether oxygens (including phenoxy) is 1. The normalized spacial score (nSPS) is 25.6. The largest absolute Gasteiger partial charge is 0.399 e. The minimum absolute atomic E-state index is 0.391. The number of anilines is 1. The van der Waals surface area contributed by atoms with Crippen LogP contribution in [0.4, 0.5) is 5.69 Å². The van der Waals surface area contributed by atoms with Crippen LogP contribution in [0, 0.1) is 0 Å². The third-order valence-electron chi connectivity index (χ3n) is 4.77. The Morgan fingerprint density at radius 2 is 2.05 bits per heavy atom. The molecular formula is C17H26N2O. The van der Waals surface area contributed by atoms with Gasteiger partial charge in [0.15, 0.2) is 0 Å². The second-order valence-electron chi connectivity index (χ2n) is 6.36. The molecule has 1 aromatic carbocycles. The number of benzene rings is 1. The number of likely N-dealkylation sites (tertiary alicyclic amines) is 1. The van der Waals surface area contributed by atoms with Crippen molar-refractivity contribution in [2.75, 3.05) is 32.0 Å². The van der Waals surface area contributed by atoms with Crippen LogP contribution in [-0.4, -0.2) is 37.2 Å². The Hall–Kier alpha value is -1.06. The molecule has 0 radical (unpaired) electrons. The Balaban J connectivity index is 1.63. The van der Waals surface area contributed by atoms with Crippen LogP contribution in [0.5, 0.6) is 0 Å². The van der Waals surface area contributed by atoms with Gasteiger partial charge in [-0.15, -0.1) is 0 Å². The second kappa shape index (κ2) is 5.74. The number of nitrogens with zero attached hydrogens (tertiary/aromatic N) is 1. The van der Waals surface area contributed by atoms with Crippen molar-refractivity contribution in [3.63, 3.8) is 0 Å². The summed E-state index contributed by atoms with van der Waals surface area (Å²) in [6, 6.07) is 8.50. The first-order valence-corrected chi connectivity index (χ1v) is 7.92. The van der Waals surface area contributed by atoms with Crippen LogP contribution in [0.3, 0.4) is 0 Å². The van der Waals surface area contributed by atoms with Crippen molar-refractivity contribution in [2.45, 2.75) is 44.1 Å². The van der Waals surface area contributed by atoms with Gasteiger partial charge in [0.05, 0.1) is 6.10 Å². The van der Waals surface area contributed by atoms with E-state index in [0.717, 1.165) is 18.8 Å². The van der Waals surface area contributed by atoms with Gasteiger partial charge < -0.3 is 10.5 Å². The summed E-state index contributed by atoms with van der Waals surface area (Å²) in [6.07, 6.45) is 5.55. The number of piperidine rings is 1. The van der Waals surface area contributed by atoms with Gasteiger partial charge in [-0.25, -0.2) is 0 Å². The molecule has 1 saturated heterocycles. The molecule has 1 atom stereocenters. The summed E-state index contributed by atoms with van der Waals surface area (Å²) in [4.78, 5) is 2.60. The van der Waals surface area contributed by atoms with E-state index in [0.29, 0.717) is 11.5 Å². The maximum atomic E-state index is 5.81. The highest BCUT2D eigenvalue weighted by molar-refractivity contribution is 5.43. The molecule has 1 heterocycles. The Kier molecular flexibility index (Phi) is 3.99. The molecule has 3 nitrogen and oxygen atoms in total. The maximum absolute atomic E-state index is 5.81. The minimum Gasteiger partial charge on any atom is -0.399 e. The molecule has 0 aromatic heterocycles. The van der Waals surface area contributed by atoms with Gasteiger partial charge in [-0.1, -0.05) is 12.1 Å². The lowest BCUT2D eigenvalue weighted by Crippen LogP contribution is -2.43. The average molecular weight is 274 g/mol. The molecule has 1 aromatic rings. The number of nitrogens with two attached hydrogens (primary N) is 1. The van der Waals surface area contributed by atoms with Gasteiger partial charge in [0.2, 0.25) is 0 Å². The summed E-state index contributed by atoms with van der Waals surface area (Å²) < 4.78 is 5.81. The molecule has 20 heavy (non-hydrogen) atoms. The molecule has 2 N–H and O–H groups in total. The molecule has 1 aliphatic heterocycles. The average Bonchev–Trinajstić information content (AvgIpc) is 3.21. The number of hydrogen-bond donors (Lipinski definition) is 1. The Labute approximate surface area is 122 Å². The molecule has 0 amide bonds. The Morgan fingerprint density at radius 3 is 2.70 bits per heavy atom. The van der Waals surface area contributed by atoms with Gasteiger partial charge in [0, 0.05) is 30.8 Å². The van der Waals surface area contributed by atoms with E-state index in [2.05, 4.69) is 24.0 Å². The fourth-order valence-corrected chi connectivity index (χ4v) is 3.48. The number of rotatable bonds is 5. The SMILES string of the molecule is CCOC1CCCN(CC2(c3ccc(N)cc3)CC2)C1. The van der Waals surface area contributed by atoms with Crippen molar-refractivity contribution in [1.82, 2.24) is 4.90 Å². The minimum atomic E-state index is 0.391. The predicted molar refractivity (Wildman–Crippen MR) is 82.9 cm³/mol.